The van der Waals surface area contributed by atoms with Gasteiger partial charge in [-0.05, 0) is 45.7 Å². The van der Waals surface area contributed by atoms with Crippen LogP contribution in [0.25, 0.3) is 0 Å². The second-order valence-corrected chi connectivity index (χ2v) is 7.04. The standard InChI is InChI=1S/C17H28N4O2/c1-13(21-11-7-3-4-8-12-21)15(22)19-17(9-5-6-10-17)16-18-14(2)23-20-16/h13H,3-12H2,1-2H3,(H,19,22)/t13-/m0/s1. The van der Waals surface area contributed by atoms with Gasteiger partial charge >= 0.3 is 0 Å². The molecular weight excluding hydrogens is 292 g/mol. The van der Waals surface area contributed by atoms with Gasteiger partial charge in [-0.3, -0.25) is 9.69 Å². The molecule has 0 unspecified atom stereocenters. The molecule has 0 aromatic carbocycles. The maximum atomic E-state index is 12.9. The van der Waals surface area contributed by atoms with Crippen LogP contribution in [-0.4, -0.2) is 40.1 Å². The topological polar surface area (TPSA) is 71.3 Å². The number of aryl methyl sites for hydroxylation is 1. The Morgan fingerprint density at radius 2 is 1.83 bits per heavy atom. The van der Waals surface area contributed by atoms with E-state index in [1.165, 1.54) is 25.7 Å². The third-order valence-electron chi connectivity index (χ3n) is 5.34. The summed E-state index contributed by atoms with van der Waals surface area (Å²) in [5, 5.41) is 7.37. The molecular formula is C17H28N4O2. The highest BCUT2D eigenvalue weighted by atomic mass is 16.5. The molecule has 1 aliphatic carbocycles. The van der Waals surface area contributed by atoms with Gasteiger partial charge in [-0.2, -0.15) is 4.98 Å². The Labute approximate surface area is 138 Å². The lowest BCUT2D eigenvalue weighted by molar-refractivity contribution is -0.128. The number of likely N-dealkylation sites (tertiary alicyclic amines) is 1. The first-order chi connectivity index (χ1) is 11.1. The molecule has 1 N–H and O–H groups in total. The second-order valence-electron chi connectivity index (χ2n) is 7.04. The molecule has 2 fully saturated rings. The van der Waals surface area contributed by atoms with Gasteiger partial charge in [-0.1, -0.05) is 30.8 Å². The zero-order chi connectivity index (χ0) is 16.3. The highest BCUT2D eigenvalue weighted by Gasteiger charge is 2.42. The molecule has 6 nitrogen and oxygen atoms in total. The molecule has 1 aromatic rings. The molecule has 1 saturated carbocycles. The third kappa shape index (κ3) is 3.57. The van der Waals surface area contributed by atoms with E-state index < -0.39 is 5.54 Å². The SMILES string of the molecule is Cc1nc(C2(NC(=O)[C@H](C)N3CCCCCC3)CCCC2)no1. The number of hydrogen-bond donors (Lipinski definition) is 1. The van der Waals surface area contributed by atoms with Gasteiger partial charge in [0.05, 0.1) is 6.04 Å². The number of carbonyl (C=O) groups is 1. The fourth-order valence-electron chi connectivity index (χ4n) is 3.87. The molecule has 1 amide bonds. The van der Waals surface area contributed by atoms with E-state index in [0.717, 1.165) is 38.8 Å². The zero-order valence-electron chi connectivity index (χ0n) is 14.3. The smallest absolute Gasteiger partial charge is 0.237 e. The van der Waals surface area contributed by atoms with Gasteiger partial charge in [0.1, 0.15) is 5.54 Å². The largest absolute Gasteiger partial charge is 0.342 e. The summed E-state index contributed by atoms with van der Waals surface area (Å²) in [5.74, 6) is 1.29. The van der Waals surface area contributed by atoms with Crippen LogP contribution in [0.2, 0.25) is 0 Å². The fourth-order valence-corrected chi connectivity index (χ4v) is 3.87. The van der Waals surface area contributed by atoms with Crippen molar-refractivity contribution in [1.29, 1.82) is 0 Å². The number of amides is 1. The Morgan fingerprint density at radius 1 is 1.17 bits per heavy atom. The molecule has 0 bridgehead atoms. The normalized spacial score (nSPS) is 23.4. The molecule has 0 radical (unpaired) electrons. The number of nitrogens with one attached hydrogen (secondary N) is 1. The molecule has 3 rings (SSSR count). The van der Waals surface area contributed by atoms with Crippen molar-refractivity contribution in [1.82, 2.24) is 20.4 Å². The molecule has 2 aliphatic rings. The minimum Gasteiger partial charge on any atom is -0.342 e. The number of nitrogens with zero attached hydrogens (tertiary/aromatic N) is 3. The summed E-state index contributed by atoms with van der Waals surface area (Å²) in [6.45, 7) is 5.84. The highest BCUT2D eigenvalue weighted by molar-refractivity contribution is 5.82. The predicted octanol–water partition coefficient (Wildman–Crippen LogP) is 2.53. The summed E-state index contributed by atoms with van der Waals surface area (Å²) in [5.41, 5.74) is -0.436. The molecule has 128 valence electrons. The molecule has 0 spiro atoms. The van der Waals surface area contributed by atoms with Crippen LogP contribution >= 0.6 is 0 Å². The van der Waals surface area contributed by atoms with E-state index in [0.29, 0.717) is 11.7 Å². The van der Waals surface area contributed by atoms with Gasteiger partial charge in [0.2, 0.25) is 11.8 Å². The minimum atomic E-state index is -0.436. The van der Waals surface area contributed by atoms with E-state index in [1.807, 2.05) is 6.92 Å². The van der Waals surface area contributed by atoms with Crippen LogP contribution in [0.5, 0.6) is 0 Å². The lowest BCUT2D eigenvalue weighted by Crippen LogP contribution is -2.52. The summed E-state index contributed by atoms with van der Waals surface area (Å²) < 4.78 is 5.15. The predicted molar refractivity (Wildman–Crippen MR) is 86.8 cm³/mol. The Kier molecular flexibility index (Phi) is 4.99. The maximum absolute atomic E-state index is 12.9. The summed E-state index contributed by atoms with van der Waals surface area (Å²) in [4.78, 5) is 19.6. The van der Waals surface area contributed by atoms with Crippen molar-refractivity contribution in [2.45, 2.75) is 76.8 Å². The van der Waals surface area contributed by atoms with Crippen LogP contribution in [0.1, 0.15) is 70.0 Å². The lowest BCUT2D eigenvalue weighted by atomic mass is 9.96. The number of carbonyl (C=O) groups excluding carboxylic acids is 1. The van der Waals surface area contributed by atoms with Crippen molar-refractivity contribution in [3.05, 3.63) is 11.7 Å². The van der Waals surface area contributed by atoms with Crippen LogP contribution in [0.15, 0.2) is 4.52 Å². The summed E-state index contributed by atoms with van der Waals surface area (Å²) >= 11 is 0. The van der Waals surface area contributed by atoms with Gasteiger partial charge in [-0.25, -0.2) is 0 Å². The fraction of sp³-hybridized carbons (Fsp3) is 0.824. The van der Waals surface area contributed by atoms with E-state index in [1.54, 1.807) is 6.92 Å². The van der Waals surface area contributed by atoms with Crippen LogP contribution in [0, 0.1) is 6.92 Å². The Bertz CT molecular complexity index is 528. The van der Waals surface area contributed by atoms with Crippen molar-refractivity contribution in [3.63, 3.8) is 0 Å². The average Bonchev–Trinajstić information content (AvgIpc) is 3.09. The molecule has 2 heterocycles. The quantitative estimate of drug-likeness (QED) is 0.923. The van der Waals surface area contributed by atoms with Gasteiger partial charge in [0.25, 0.3) is 0 Å². The van der Waals surface area contributed by atoms with Crippen molar-refractivity contribution >= 4 is 5.91 Å². The summed E-state index contributed by atoms with van der Waals surface area (Å²) in [6.07, 6.45) is 8.89. The number of rotatable bonds is 4. The third-order valence-corrected chi connectivity index (χ3v) is 5.34. The molecule has 1 aliphatic heterocycles. The van der Waals surface area contributed by atoms with E-state index in [2.05, 4.69) is 20.4 Å². The van der Waals surface area contributed by atoms with Crippen molar-refractivity contribution in [3.8, 4) is 0 Å². The Morgan fingerprint density at radius 3 is 2.39 bits per heavy atom. The van der Waals surface area contributed by atoms with E-state index >= 15 is 0 Å². The van der Waals surface area contributed by atoms with Crippen LogP contribution in [-0.2, 0) is 10.3 Å². The average molecular weight is 320 g/mol. The van der Waals surface area contributed by atoms with Gasteiger partial charge < -0.3 is 9.84 Å². The maximum Gasteiger partial charge on any atom is 0.237 e. The van der Waals surface area contributed by atoms with E-state index in [-0.39, 0.29) is 11.9 Å². The molecule has 1 aromatic heterocycles. The second kappa shape index (κ2) is 6.99. The first kappa shape index (κ1) is 16.4. The monoisotopic (exact) mass is 320 g/mol. The molecule has 23 heavy (non-hydrogen) atoms. The van der Waals surface area contributed by atoms with Crippen molar-refractivity contribution in [2.24, 2.45) is 0 Å². The lowest BCUT2D eigenvalue weighted by Gasteiger charge is -2.32. The van der Waals surface area contributed by atoms with Crippen LogP contribution in [0.4, 0.5) is 0 Å². The van der Waals surface area contributed by atoms with Crippen LogP contribution in [0.3, 0.4) is 0 Å². The van der Waals surface area contributed by atoms with Gasteiger partial charge in [0.15, 0.2) is 5.82 Å². The van der Waals surface area contributed by atoms with Crippen molar-refractivity contribution in [2.75, 3.05) is 13.1 Å². The molecule has 6 heteroatoms. The first-order valence-corrected chi connectivity index (χ1v) is 8.98. The van der Waals surface area contributed by atoms with Gasteiger partial charge in [0, 0.05) is 6.92 Å². The number of aromatic nitrogens is 2. The first-order valence-electron chi connectivity index (χ1n) is 8.98. The summed E-state index contributed by atoms with van der Waals surface area (Å²) in [7, 11) is 0. The zero-order valence-corrected chi connectivity index (χ0v) is 14.3. The molecule has 1 saturated heterocycles. The molecule has 1 atom stereocenters. The van der Waals surface area contributed by atoms with Crippen molar-refractivity contribution < 1.29 is 9.32 Å². The minimum absolute atomic E-state index is 0.0938. The van der Waals surface area contributed by atoms with Gasteiger partial charge in [-0.15, -0.1) is 0 Å². The van der Waals surface area contributed by atoms with Crippen LogP contribution < -0.4 is 5.32 Å². The summed E-state index contributed by atoms with van der Waals surface area (Å²) in [6, 6.07) is -0.0985. The Hall–Kier alpha value is -1.43. The van der Waals surface area contributed by atoms with E-state index in [9.17, 15) is 4.79 Å². The highest BCUT2D eigenvalue weighted by Crippen LogP contribution is 2.37. The Balaban J connectivity index is 1.71. The van der Waals surface area contributed by atoms with E-state index in [4.69, 9.17) is 4.52 Å². The number of hydrogen-bond acceptors (Lipinski definition) is 5.